The summed E-state index contributed by atoms with van der Waals surface area (Å²) < 4.78 is 2.82. The van der Waals surface area contributed by atoms with Gasteiger partial charge in [-0.2, -0.15) is 0 Å². The fourth-order valence-corrected chi connectivity index (χ4v) is 2.29. The number of benzene rings is 1. The molecule has 18 heavy (non-hydrogen) atoms. The van der Waals surface area contributed by atoms with Gasteiger partial charge in [0.1, 0.15) is 11.5 Å². The fraction of sp³-hybridized carbons (Fsp3) is 0.308. The van der Waals surface area contributed by atoms with Gasteiger partial charge in [-0.15, -0.1) is 0 Å². The summed E-state index contributed by atoms with van der Waals surface area (Å²) in [5.41, 5.74) is 7.89. The van der Waals surface area contributed by atoms with Gasteiger partial charge in [0.05, 0.1) is 11.3 Å². The number of rotatable bonds is 3. The predicted molar refractivity (Wildman–Crippen MR) is 79.6 cm³/mol. The van der Waals surface area contributed by atoms with E-state index in [1.165, 1.54) is 0 Å². The number of hydrogen-bond donors (Lipinski definition) is 1. The van der Waals surface area contributed by atoms with Gasteiger partial charge in [-0.1, -0.05) is 31.5 Å². The lowest BCUT2D eigenvalue weighted by Gasteiger charge is -2.08. The minimum Gasteiger partial charge on any atom is -0.383 e. The second-order valence-electron chi connectivity index (χ2n) is 4.65. The van der Waals surface area contributed by atoms with E-state index in [-0.39, 0.29) is 0 Å². The highest BCUT2D eigenvalue weighted by molar-refractivity contribution is 9.10. The molecule has 0 aliphatic rings. The van der Waals surface area contributed by atoms with Crippen molar-refractivity contribution in [3.63, 3.8) is 0 Å². The van der Waals surface area contributed by atoms with Gasteiger partial charge in [0.2, 0.25) is 0 Å². The van der Waals surface area contributed by atoms with Crippen LogP contribution < -0.4 is 5.73 Å². The minimum atomic E-state index is 0.534. The van der Waals surface area contributed by atoms with Crippen molar-refractivity contribution in [1.82, 2.24) is 9.55 Å². The van der Waals surface area contributed by atoms with Crippen LogP contribution in [0, 0.1) is 5.92 Å². The van der Waals surface area contributed by atoms with E-state index >= 15 is 0 Å². The number of aromatic nitrogens is 2. The van der Waals surface area contributed by atoms with E-state index in [4.69, 9.17) is 17.3 Å². The van der Waals surface area contributed by atoms with Crippen LogP contribution in [0.5, 0.6) is 0 Å². The lowest BCUT2D eigenvalue weighted by Crippen LogP contribution is -2.06. The van der Waals surface area contributed by atoms with Crippen molar-refractivity contribution in [2.75, 3.05) is 5.73 Å². The Bertz CT molecular complexity index is 563. The average Bonchev–Trinajstić information content (AvgIpc) is 2.64. The zero-order chi connectivity index (χ0) is 13.3. The lowest BCUT2D eigenvalue weighted by molar-refractivity contribution is 0.527. The Kier molecular flexibility index (Phi) is 3.97. The number of nitrogen functional groups attached to an aromatic ring is 1. The third-order valence-corrected chi connectivity index (χ3v) is 3.85. The standard InChI is InChI=1S/C13H15BrClN3/c1-8(2)6-18-7-17-12(13(18)16)9-3-4-11(15)10(14)5-9/h3-5,7-8H,6,16H2,1-2H3. The molecule has 0 unspecified atom stereocenters. The smallest absolute Gasteiger partial charge is 0.131 e. The van der Waals surface area contributed by atoms with E-state index in [2.05, 4.69) is 34.8 Å². The molecule has 3 nitrogen and oxygen atoms in total. The largest absolute Gasteiger partial charge is 0.383 e. The van der Waals surface area contributed by atoms with E-state index in [1.54, 1.807) is 6.33 Å². The zero-order valence-electron chi connectivity index (χ0n) is 10.3. The van der Waals surface area contributed by atoms with Gasteiger partial charge in [-0.05, 0) is 34.0 Å². The van der Waals surface area contributed by atoms with Crippen LogP contribution in [0.4, 0.5) is 5.82 Å². The van der Waals surface area contributed by atoms with Gasteiger partial charge in [0.25, 0.3) is 0 Å². The van der Waals surface area contributed by atoms with Crippen molar-refractivity contribution in [2.24, 2.45) is 5.92 Å². The van der Waals surface area contributed by atoms with E-state index in [1.807, 2.05) is 22.8 Å². The Morgan fingerprint density at radius 1 is 1.44 bits per heavy atom. The zero-order valence-corrected chi connectivity index (χ0v) is 12.7. The Hall–Kier alpha value is -1.00. The molecule has 0 atom stereocenters. The normalized spacial score (nSPS) is 11.2. The molecule has 0 fully saturated rings. The van der Waals surface area contributed by atoms with Gasteiger partial charge in [0, 0.05) is 16.6 Å². The SMILES string of the molecule is CC(C)Cn1cnc(-c2ccc(Cl)c(Br)c2)c1N. The molecule has 0 radical (unpaired) electrons. The summed E-state index contributed by atoms with van der Waals surface area (Å²) in [6.45, 7) is 5.17. The van der Waals surface area contributed by atoms with Gasteiger partial charge in [-0.3, -0.25) is 0 Å². The molecule has 0 saturated heterocycles. The van der Waals surface area contributed by atoms with Crippen LogP contribution in [0.15, 0.2) is 29.0 Å². The van der Waals surface area contributed by atoms with Gasteiger partial charge < -0.3 is 10.3 Å². The van der Waals surface area contributed by atoms with Crippen LogP contribution in [0.2, 0.25) is 5.02 Å². The Morgan fingerprint density at radius 3 is 2.78 bits per heavy atom. The molecular formula is C13H15BrClN3. The maximum Gasteiger partial charge on any atom is 0.131 e. The first-order chi connectivity index (χ1) is 8.49. The van der Waals surface area contributed by atoms with Gasteiger partial charge in [-0.25, -0.2) is 4.98 Å². The minimum absolute atomic E-state index is 0.534. The summed E-state index contributed by atoms with van der Waals surface area (Å²) in [4.78, 5) is 4.38. The molecule has 2 aromatic rings. The molecule has 5 heteroatoms. The summed E-state index contributed by atoms with van der Waals surface area (Å²) in [6, 6.07) is 5.69. The summed E-state index contributed by atoms with van der Waals surface area (Å²) in [5.74, 6) is 1.23. The van der Waals surface area contributed by atoms with E-state index in [0.717, 1.165) is 22.3 Å². The highest BCUT2D eigenvalue weighted by Crippen LogP contribution is 2.31. The van der Waals surface area contributed by atoms with Gasteiger partial charge >= 0.3 is 0 Å². The first-order valence-corrected chi connectivity index (χ1v) is 6.92. The molecule has 2 N–H and O–H groups in total. The van der Waals surface area contributed by atoms with Crippen LogP contribution in [0.25, 0.3) is 11.3 Å². The van der Waals surface area contributed by atoms with Gasteiger partial charge in [0.15, 0.2) is 0 Å². The van der Waals surface area contributed by atoms with Crippen LogP contribution in [-0.2, 0) is 6.54 Å². The molecule has 0 amide bonds. The topological polar surface area (TPSA) is 43.8 Å². The number of nitrogens with two attached hydrogens (primary N) is 1. The third-order valence-electron chi connectivity index (χ3n) is 2.63. The third kappa shape index (κ3) is 2.70. The van der Waals surface area contributed by atoms with Crippen LogP contribution in [0.3, 0.4) is 0 Å². The molecule has 1 heterocycles. The molecule has 1 aromatic carbocycles. The summed E-state index contributed by atoms with van der Waals surface area (Å²) in [7, 11) is 0. The number of halogens is 2. The van der Waals surface area contributed by atoms with Crippen molar-refractivity contribution < 1.29 is 0 Å². The van der Waals surface area contributed by atoms with E-state index < -0.39 is 0 Å². The Labute approximate surface area is 120 Å². The maximum absolute atomic E-state index is 6.12. The predicted octanol–water partition coefficient (Wildman–Crippen LogP) is 4.20. The quantitative estimate of drug-likeness (QED) is 0.917. The first kappa shape index (κ1) is 13.4. The van der Waals surface area contributed by atoms with Crippen LogP contribution >= 0.6 is 27.5 Å². The van der Waals surface area contributed by atoms with Crippen LogP contribution in [-0.4, -0.2) is 9.55 Å². The van der Waals surface area contributed by atoms with Crippen molar-refractivity contribution in [1.29, 1.82) is 0 Å². The molecule has 96 valence electrons. The van der Waals surface area contributed by atoms with E-state index in [0.29, 0.717) is 16.8 Å². The average molecular weight is 329 g/mol. The molecular weight excluding hydrogens is 314 g/mol. The Morgan fingerprint density at radius 2 is 2.17 bits per heavy atom. The molecule has 2 rings (SSSR count). The first-order valence-electron chi connectivity index (χ1n) is 5.75. The number of anilines is 1. The monoisotopic (exact) mass is 327 g/mol. The molecule has 0 aliphatic carbocycles. The summed E-state index contributed by atoms with van der Waals surface area (Å²) in [6.07, 6.45) is 1.78. The van der Waals surface area contributed by atoms with Crippen LogP contribution in [0.1, 0.15) is 13.8 Å². The number of imidazole rings is 1. The highest BCUT2D eigenvalue weighted by atomic mass is 79.9. The number of nitrogens with zero attached hydrogens (tertiary/aromatic N) is 2. The van der Waals surface area contributed by atoms with Crippen molar-refractivity contribution >= 4 is 33.3 Å². The fourth-order valence-electron chi connectivity index (χ4n) is 1.80. The van der Waals surface area contributed by atoms with Crippen molar-refractivity contribution in [3.05, 3.63) is 34.0 Å². The molecule has 0 saturated carbocycles. The molecule has 0 spiro atoms. The van der Waals surface area contributed by atoms with Crippen molar-refractivity contribution in [2.45, 2.75) is 20.4 Å². The summed E-state index contributed by atoms with van der Waals surface area (Å²) >= 11 is 9.39. The van der Waals surface area contributed by atoms with E-state index in [9.17, 15) is 0 Å². The second kappa shape index (κ2) is 5.33. The summed E-state index contributed by atoms with van der Waals surface area (Å²) in [5, 5.41) is 0.680. The lowest BCUT2D eigenvalue weighted by atomic mass is 10.1. The molecule has 0 aliphatic heterocycles. The van der Waals surface area contributed by atoms with Crippen molar-refractivity contribution in [3.8, 4) is 11.3 Å². The number of hydrogen-bond acceptors (Lipinski definition) is 2. The highest BCUT2D eigenvalue weighted by Gasteiger charge is 2.11. The molecule has 0 bridgehead atoms. The maximum atomic E-state index is 6.12. The Balaban J connectivity index is 2.39. The molecule has 1 aromatic heterocycles. The second-order valence-corrected chi connectivity index (χ2v) is 5.92.